The molecule has 31 heavy (non-hydrogen) atoms. The van der Waals surface area contributed by atoms with E-state index in [0.29, 0.717) is 29.1 Å². The highest BCUT2D eigenvalue weighted by Crippen LogP contribution is 2.38. The molecule has 6 nitrogen and oxygen atoms in total. The fourth-order valence-electron chi connectivity index (χ4n) is 4.35. The molecule has 1 aromatic carbocycles. The molecule has 2 heterocycles. The first-order chi connectivity index (χ1) is 14.9. The van der Waals surface area contributed by atoms with E-state index >= 15 is 0 Å². The first kappa shape index (κ1) is 21.2. The molecule has 7 heteroatoms. The molecule has 0 unspecified atom stereocenters. The van der Waals surface area contributed by atoms with Crippen LogP contribution in [0.2, 0.25) is 5.02 Å². The van der Waals surface area contributed by atoms with Crippen LogP contribution in [0.25, 0.3) is 5.69 Å². The molecule has 0 aliphatic heterocycles. The number of pyridine rings is 1. The van der Waals surface area contributed by atoms with Crippen LogP contribution in [0.5, 0.6) is 0 Å². The maximum absolute atomic E-state index is 12.9. The number of halogens is 1. The number of carbonyl (C=O) groups is 2. The highest BCUT2D eigenvalue weighted by molar-refractivity contribution is 6.30. The van der Waals surface area contributed by atoms with Gasteiger partial charge in [-0.05, 0) is 55.7 Å². The summed E-state index contributed by atoms with van der Waals surface area (Å²) >= 11 is 5.95. The molecule has 4 rings (SSSR count). The molecule has 0 atom stereocenters. The number of Topliss-reactive ketones (excluding diaryl/α,β-unsaturated/α-hetero) is 1. The lowest BCUT2D eigenvalue weighted by Crippen LogP contribution is -2.38. The summed E-state index contributed by atoms with van der Waals surface area (Å²) in [5.74, 6) is -0.869. The van der Waals surface area contributed by atoms with Crippen molar-refractivity contribution in [3.05, 3.63) is 76.3 Å². The lowest BCUT2D eigenvalue weighted by atomic mass is 9.71. The topological polar surface area (TPSA) is 85.1 Å². The monoisotopic (exact) mass is 437 g/mol. The second-order valence-corrected chi connectivity index (χ2v) is 8.57. The zero-order valence-electron chi connectivity index (χ0n) is 17.3. The summed E-state index contributed by atoms with van der Waals surface area (Å²) in [5, 5.41) is 14.8. The zero-order chi connectivity index (χ0) is 22.0. The van der Waals surface area contributed by atoms with E-state index in [-0.39, 0.29) is 12.2 Å². The number of carboxylic acid groups (broad SMARTS) is 1. The Kier molecular flexibility index (Phi) is 5.92. The minimum atomic E-state index is -0.906. The normalized spacial score (nSPS) is 15.5. The average molecular weight is 438 g/mol. The van der Waals surface area contributed by atoms with E-state index in [1.165, 1.54) is 0 Å². The summed E-state index contributed by atoms with van der Waals surface area (Å²) in [6, 6.07) is 10.8. The van der Waals surface area contributed by atoms with Crippen molar-refractivity contribution in [2.45, 2.75) is 50.9 Å². The molecule has 0 bridgehead atoms. The van der Waals surface area contributed by atoms with E-state index in [9.17, 15) is 14.7 Å². The van der Waals surface area contributed by atoms with Crippen molar-refractivity contribution in [2.24, 2.45) is 0 Å². The van der Waals surface area contributed by atoms with Gasteiger partial charge in [0.05, 0.1) is 28.8 Å². The SMILES string of the molecule is Cc1c(C(=O)Cc2ccc(C3(C(=O)O)CCCCC3)nc2)cnn1-c1ccc(Cl)cc1. The number of hydrogen-bond donors (Lipinski definition) is 1. The molecule has 3 aromatic rings. The van der Waals surface area contributed by atoms with Gasteiger partial charge in [0, 0.05) is 17.6 Å². The maximum atomic E-state index is 12.9. The van der Waals surface area contributed by atoms with E-state index in [4.69, 9.17) is 11.6 Å². The Morgan fingerprint density at radius 1 is 1.06 bits per heavy atom. The Morgan fingerprint density at radius 3 is 2.39 bits per heavy atom. The third-order valence-corrected chi connectivity index (χ3v) is 6.43. The van der Waals surface area contributed by atoms with Gasteiger partial charge in [-0.3, -0.25) is 14.6 Å². The molecule has 1 fully saturated rings. The molecule has 1 saturated carbocycles. The van der Waals surface area contributed by atoms with Crippen LogP contribution in [0.15, 0.2) is 48.8 Å². The average Bonchev–Trinajstić information content (AvgIpc) is 3.16. The van der Waals surface area contributed by atoms with Crippen molar-refractivity contribution in [3.63, 3.8) is 0 Å². The van der Waals surface area contributed by atoms with Gasteiger partial charge in [0.1, 0.15) is 5.41 Å². The molecular weight excluding hydrogens is 414 g/mol. The van der Waals surface area contributed by atoms with Gasteiger partial charge in [-0.15, -0.1) is 0 Å². The van der Waals surface area contributed by atoms with Crippen molar-refractivity contribution < 1.29 is 14.7 Å². The van der Waals surface area contributed by atoms with Crippen LogP contribution < -0.4 is 0 Å². The number of carbonyl (C=O) groups excluding carboxylic acids is 1. The molecule has 0 radical (unpaired) electrons. The van der Waals surface area contributed by atoms with Gasteiger partial charge < -0.3 is 5.11 Å². The number of benzene rings is 1. The third-order valence-electron chi connectivity index (χ3n) is 6.18. The van der Waals surface area contributed by atoms with E-state index in [2.05, 4.69) is 10.1 Å². The largest absolute Gasteiger partial charge is 0.481 e. The Labute approximate surface area is 185 Å². The Hall–Kier alpha value is -2.99. The van der Waals surface area contributed by atoms with Crippen LogP contribution in [0, 0.1) is 6.92 Å². The quantitative estimate of drug-likeness (QED) is 0.552. The molecular formula is C24H24ClN3O3. The summed E-state index contributed by atoms with van der Waals surface area (Å²) in [6.07, 6.45) is 7.45. The summed E-state index contributed by atoms with van der Waals surface area (Å²) in [4.78, 5) is 29.3. The highest BCUT2D eigenvalue weighted by Gasteiger charge is 2.42. The predicted molar refractivity (Wildman–Crippen MR) is 118 cm³/mol. The number of ketones is 1. The number of carboxylic acids is 1. The van der Waals surface area contributed by atoms with Gasteiger partial charge in [0.2, 0.25) is 0 Å². The third kappa shape index (κ3) is 4.12. The first-order valence-electron chi connectivity index (χ1n) is 10.4. The van der Waals surface area contributed by atoms with Gasteiger partial charge in [-0.2, -0.15) is 5.10 Å². The van der Waals surface area contributed by atoms with E-state index in [0.717, 1.165) is 36.2 Å². The summed E-state index contributed by atoms with van der Waals surface area (Å²) in [6.45, 7) is 1.86. The molecule has 1 aliphatic rings. The lowest BCUT2D eigenvalue weighted by molar-refractivity contribution is -0.145. The van der Waals surface area contributed by atoms with Crippen molar-refractivity contribution in [1.82, 2.24) is 14.8 Å². The van der Waals surface area contributed by atoms with Gasteiger partial charge in [-0.1, -0.05) is 36.9 Å². The van der Waals surface area contributed by atoms with Crippen LogP contribution >= 0.6 is 11.6 Å². The fraction of sp³-hybridized carbons (Fsp3) is 0.333. The highest BCUT2D eigenvalue weighted by atomic mass is 35.5. The maximum Gasteiger partial charge on any atom is 0.315 e. The van der Waals surface area contributed by atoms with Crippen molar-refractivity contribution in [3.8, 4) is 5.69 Å². The van der Waals surface area contributed by atoms with Crippen molar-refractivity contribution in [2.75, 3.05) is 0 Å². The Morgan fingerprint density at radius 2 is 1.77 bits per heavy atom. The van der Waals surface area contributed by atoms with Crippen molar-refractivity contribution in [1.29, 1.82) is 0 Å². The van der Waals surface area contributed by atoms with Crippen LogP contribution in [-0.4, -0.2) is 31.6 Å². The standard InChI is InChI=1S/C24H24ClN3O3/c1-16-20(15-27-28(16)19-8-6-18(25)7-9-19)21(29)13-17-5-10-22(26-14-17)24(23(30)31)11-3-2-4-12-24/h5-10,14-15H,2-4,11-13H2,1H3,(H,30,31). The molecule has 160 valence electrons. The predicted octanol–water partition coefficient (Wildman–Crippen LogP) is 4.94. The van der Waals surface area contributed by atoms with Gasteiger partial charge in [0.25, 0.3) is 0 Å². The first-order valence-corrected chi connectivity index (χ1v) is 10.8. The number of aliphatic carboxylic acids is 1. The summed E-state index contributed by atoms with van der Waals surface area (Å²) in [5.41, 5.74) is 2.57. The number of aromatic nitrogens is 3. The van der Waals surface area contributed by atoms with Gasteiger partial charge in [-0.25, -0.2) is 4.68 Å². The van der Waals surface area contributed by atoms with E-state index in [1.807, 2.05) is 25.1 Å². The fourth-order valence-corrected chi connectivity index (χ4v) is 4.48. The number of rotatable bonds is 6. The molecule has 2 aromatic heterocycles. The molecule has 0 amide bonds. The van der Waals surface area contributed by atoms with E-state index < -0.39 is 11.4 Å². The smallest absolute Gasteiger partial charge is 0.315 e. The molecule has 1 N–H and O–H groups in total. The minimum absolute atomic E-state index is 0.0575. The molecule has 0 spiro atoms. The van der Waals surface area contributed by atoms with Crippen LogP contribution in [0.3, 0.4) is 0 Å². The molecule has 0 saturated heterocycles. The summed E-state index contributed by atoms with van der Waals surface area (Å²) in [7, 11) is 0. The van der Waals surface area contributed by atoms with Crippen LogP contribution in [-0.2, 0) is 16.6 Å². The van der Waals surface area contributed by atoms with Gasteiger partial charge in [0.15, 0.2) is 5.78 Å². The Bertz CT molecular complexity index is 1100. The Balaban J connectivity index is 1.52. The molecule has 1 aliphatic carbocycles. The minimum Gasteiger partial charge on any atom is -0.481 e. The second-order valence-electron chi connectivity index (χ2n) is 8.13. The summed E-state index contributed by atoms with van der Waals surface area (Å²) < 4.78 is 1.71. The zero-order valence-corrected chi connectivity index (χ0v) is 18.1. The van der Waals surface area contributed by atoms with E-state index in [1.54, 1.807) is 35.3 Å². The van der Waals surface area contributed by atoms with Crippen LogP contribution in [0.4, 0.5) is 0 Å². The number of hydrogen-bond acceptors (Lipinski definition) is 4. The lowest BCUT2D eigenvalue weighted by Gasteiger charge is -2.32. The number of nitrogens with zero attached hydrogens (tertiary/aromatic N) is 3. The van der Waals surface area contributed by atoms with Crippen molar-refractivity contribution >= 4 is 23.4 Å². The van der Waals surface area contributed by atoms with Crippen LogP contribution in [0.1, 0.15) is 59.4 Å². The van der Waals surface area contributed by atoms with Gasteiger partial charge >= 0.3 is 5.97 Å². The second kappa shape index (κ2) is 8.63.